The SMILES string of the molecule is Cc1c(F)cccc1-c1ccc2nc(NC[C@H]3CCNC3)nc(-c3ccc(C#N)c(F)c3)c2c1. The minimum Gasteiger partial charge on any atom is -0.354 e. The molecule has 4 aromatic rings. The Morgan fingerprint density at radius 2 is 1.91 bits per heavy atom. The maximum atomic E-state index is 14.5. The lowest BCUT2D eigenvalue weighted by Gasteiger charge is -2.14. The third kappa shape index (κ3) is 4.20. The zero-order valence-corrected chi connectivity index (χ0v) is 18.7. The standard InChI is InChI=1S/C27H23F2N5/c1-16-21(3-2-4-23(16)28)18-7-8-25-22(11-18)26(19-5-6-20(13-30)24(29)12-19)34-27(33-25)32-15-17-9-10-31-14-17/h2-8,11-12,17,31H,9-10,14-15H2,1H3,(H,32,33,34)/t17-/m0/s1. The average molecular weight is 456 g/mol. The highest BCUT2D eigenvalue weighted by molar-refractivity contribution is 5.96. The molecule has 1 aliphatic rings. The monoisotopic (exact) mass is 455 g/mol. The predicted octanol–water partition coefficient (Wildman–Crippen LogP) is 5.44. The first kappa shape index (κ1) is 21.9. The van der Waals surface area contributed by atoms with Gasteiger partial charge >= 0.3 is 0 Å². The molecule has 2 heterocycles. The Labute approximate surface area is 196 Å². The van der Waals surface area contributed by atoms with Crippen molar-refractivity contribution in [3.8, 4) is 28.5 Å². The molecule has 34 heavy (non-hydrogen) atoms. The number of fused-ring (bicyclic) bond motifs is 1. The maximum Gasteiger partial charge on any atom is 0.223 e. The highest BCUT2D eigenvalue weighted by Crippen LogP contribution is 2.33. The zero-order chi connectivity index (χ0) is 23.7. The lowest BCUT2D eigenvalue weighted by Crippen LogP contribution is -2.18. The van der Waals surface area contributed by atoms with Gasteiger partial charge in [0.05, 0.1) is 16.8 Å². The van der Waals surface area contributed by atoms with Gasteiger partial charge in [-0.2, -0.15) is 5.26 Å². The topological polar surface area (TPSA) is 73.6 Å². The largest absolute Gasteiger partial charge is 0.354 e. The van der Waals surface area contributed by atoms with Crippen molar-refractivity contribution in [3.05, 3.63) is 77.4 Å². The number of nitriles is 1. The highest BCUT2D eigenvalue weighted by Gasteiger charge is 2.17. The van der Waals surface area contributed by atoms with Crippen molar-refractivity contribution in [1.29, 1.82) is 5.26 Å². The molecule has 1 saturated heterocycles. The van der Waals surface area contributed by atoms with E-state index in [1.807, 2.05) is 30.3 Å². The van der Waals surface area contributed by atoms with Gasteiger partial charge in [0.2, 0.25) is 5.95 Å². The number of hydrogen-bond acceptors (Lipinski definition) is 5. The van der Waals surface area contributed by atoms with Crippen LogP contribution in [-0.4, -0.2) is 29.6 Å². The summed E-state index contributed by atoms with van der Waals surface area (Å²) in [5, 5.41) is 16.5. The van der Waals surface area contributed by atoms with Gasteiger partial charge in [0.15, 0.2) is 0 Å². The van der Waals surface area contributed by atoms with Crippen molar-refractivity contribution in [3.63, 3.8) is 0 Å². The van der Waals surface area contributed by atoms with Gasteiger partial charge in [-0.1, -0.05) is 24.3 Å². The van der Waals surface area contributed by atoms with Crippen LogP contribution in [0.2, 0.25) is 0 Å². The molecule has 170 valence electrons. The van der Waals surface area contributed by atoms with E-state index in [9.17, 15) is 8.78 Å². The Morgan fingerprint density at radius 1 is 1.06 bits per heavy atom. The lowest BCUT2D eigenvalue weighted by molar-refractivity contribution is 0.613. The molecule has 0 bridgehead atoms. The maximum absolute atomic E-state index is 14.5. The second-order valence-electron chi connectivity index (χ2n) is 8.59. The van der Waals surface area contributed by atoms with E-state index < -0.39 is 5.82 Å². The number of aromatic nitrogens is 2. The summed E-state index contributed by atoms with van der Waals surface area (Å²) in [6.45, 7) is 4.43. The molecule has 1 atom stereocenters. The van der Waals surface area contributed by atoms with Crippen LogP contribution in [0, 0.1) is 35.8 Å². The number of rotatable bonds is 5. The van der Waals surface area contributed by atoms with Crippen LogP contribution in [0.3, 0.4) is 0 Å². The number of anilines is 1. The summed E-state index contributed by atoms with van der Waals surface area (Å²) in [5.41, 5.74) is 3.91. The molecule has 0 radical (unpaired) electrons. The van der Waals surface area contributed by atoms with Gasteiger partial charge in [0, 0.05) is 17.5 Å². The fourth-order valence-corrected chi connectivity index (χ4v) is 4.39. The van der Waals surface area contributed by atoms with E-state index in [1.165, 1.54) is 18.2 Å². The van der Waals surface area contributed by atoms with Crippen LogP contribution in [0.1, 0.15) is 17.5 Å². The number of hydrogen-bond donors (Lipinski definition) is 2. The first-order chi connectivity index (χ1) is 16.5. The molecule has 0 aliphatic carbocycles. The van der Waals surface area contributed by atoms with Crippen LogP contribution in [0.4, 0.5) is 14.7 Å². The van der Waals surface area contributed by atoms with E-state index >= 15 is 0 Å². The Morgan fingerprint density at radius 3 is 2.68 bits per heavy atom. The molecular formula is C27H23F2N5. The molecule has 1 aliphatic heterocycles. The van der Waals surface area contributed by atoms with E-state index in [1.54, 1.807) is 19.1 Å². The number of benzene rings is 3. The molecule has 1 aromatic heterocycles. The summed E-state index contributed by atoms with van der Waals surface area (Å²) in [4.78, 5) is 9.43. The molecule has 3 aromatic carbocycles. The van der Waals surface area contributed by atoms with Gasteiger partial charge in [-0.05, 0) is 79.4 Å². The van der Waals surface area contributed by atoms with Gasteiger partial charge in [0.1, 0.15) is 17.7 Å². The van der Waals surface area contributed by atoms with Crippen molar-refractivity contribution in [1.82, 2.24) is 15.3 Å². The predicted molar refractivity (Wildman–Crippen MR) is 129 cm³/mol. The van der Waals surface area contributed by atoms with Crippen molar-refractivity contribution >= 4 is 16.9 Å². The van der Waals surface area contributed by atoms with E-state index in [4.69, 9.17) is 15.2 Å². The second kappa shape index (κ2) is 9.16. The van der Waals surface area contributed by atoms with Gasteiger partial charge in [0.25, 0.3) is 0 Å². The average Bonchev–Trinajstić information content (AvgIpc) is 3.37. The van der Waals surface area contributed by atoms with Crippen LogP contribution in [0.15, 0.2) is 54.6 Å². The Bertz CT molecular complexity index is 1420. The zero-order valence-electron chi connectivity index (χ0n) is 18.7. The molecular weight excluding hydrogens is 432 g/mol. The molecule has 5 rings (SSSR count). The quantitative estimate of drug-likeness (QED) is 0.419. The summed E-state index contributed by atoms with van der Waals surface area (Å²) < 4.78 is 28.7. The van der Waals surface area contributed by atoms with E-state index in [2.05, 4.69) is 10.6 Å². The van der Waals surface area contributed by atoms with E-state index in [0.717, 1.165) is 42.6 Å². The number of nitrogens with zero attached hydrogens (tertiary/aromatic N) is 3. The molecule has 0 unspecified atom stereocenters. The molecule has 5 nitrogen and oxygen atoms in total. The fourth-order valence-electron chi connectivity index (χ4n) is 4.39. The minimum atomic E-state index is -0.601. The van der Waals surface area contributed by atoms with Gasteiger partial charge < -0.3 is 10.6 Å². The number of nitrogens with one attached hydrogen (secondary N) is 2. The Kier molecular flexibility index (Phi) is 5.91. The first-order valence-electron chi connectivity index (χ1n) is 11.3. The van der Waals surface area contributed by atoms with Gasteiger partial charge in [-0.15, -0.1) is 0 Å². The fraction of sp³-hybridized carbons (Fsp3) is 0.222. The number of halogens is 2. The Balaban J connectivity index is 1.64. The summed E-state index contributed by atoms with van der Waals surface area (Å²) in [6.07, 6.45) is 1.09. The van der Waals surface area contributed by atoms with Crippen molar-refractivity contribution in [2.45, 2.75) is 13.3 Å². The third-order valence-electron chi connectivity index (χ3n) is 6.35. The summed E-state index contributed by atoms with van der Waals surface area (Å²) in [6, 6.07) is 17.0. The second-order valence-corrected chi connectivity index (χ2v) is 8.59. The summed E-state index contributed by atoms with van der Waals surface area (Å²) in [5.74, 6) is 0.0851. The smallest absolute Gasteiger partial charge is 0.223 e. The van der Waals surface area contributed by atoms with Crippen molar-refractivity contribution < 1.29 is 8.78 Å². The molecule has 2 N–H and O–H groups in total. The molecule has 0 amide bonds. The summed E-state index contributed by atoms with van der Waals surface area (Å²) >= 11 is 0. The summed E-state index contributed by atoms with van der Waals surface area (Å²) in [7, 11) is 0. The highest BCUT2D eigenvalue weighted by atomic mass is 19.1. The molecule has 0 spiro atoms. The first-order valence-corrected chi connectivity index (χ1v) is 11.3. The van der Waals surface area contributed by atoms with Crippen molar-refractivity contribution in [2.75, 3.05) is 25.0 Å². The molecule has 7 heteroatoms. The van der Waals surface area contributed by atoms with Crippen LogP contribution >= 0.6 is 0 Å². The Hall–Kier alpha value is -3.89. The van der Waals surface area contributed by atoms with E-state index in [0.29, 0.717) is 34.2 Å². The van der Waals surface area contributed by atoms with Crippen LogP contribution in [0.5, 0.6) is 0 Å². The molecule has 0 saturated carbocycles. The third-order valence-corrected chi connectivity index (χ3v) is 6.35. The minimum absolute atomic E-state index is 0.0229. The van der Waals surface area contributed by atoms with Crippen LogP contribution < -0.4 is 10.6 Å². The van der Waals surface area contributed by atoms with Gasteiger partial charge in [-0.3, -0.25) is 0 Å². The lowest BCUT2D eigenvalue weighted by atomic mass is 9.97. The van der Waals surface area contributed by atoms with Gasteiger partial charge in [-0.25, -0.2) is 18.7 Å². The van der Waals surface area contributed by atoms with Crippen LogP contribution in [0.25, 0.3) is 33.3 Å². The van der Waals surface area contributed by atoms with E-state index in [-0.39, 0.29) is 11.4 Å². The van der Waals surface area contributed by atoms with Crippen LogP contribution in [-0.2, 0) is 0 Å². The van der Waals surface area contributed by atoms with Crippen molar-refractivity contribution in [2.24, 2.45) is 5.92 Å². The molecule has 1 fully saturated rings. The normalized spacial score (nSPS) is 15.4.